The normalized spacial score (nSPS) is 14.0. The highest BCUT2D eigenvalue weighted by Crippen LogP contribution is 2.33. The van der Waals surface area contributed by atoms with Gasteiger partial charge in [-0.3, -0.25) is 15.1 Å². The Balaban J connectivity index is 1.20. The van der Waals surface area contributed by atoms with Crippen LogP contribution in [0.1, 0.15) is 36.8 Å². The van der Waals surface area contributed by atoms with Gasteiger partial charge in [-0.05, 0) is 91.0 Å². The van der Waals surface area contributed by atoms with Crippen molar-refractivity contribution in [2.75, 3.05) is 13.6 Å². The summed E-state index contributed by atoms with van der Waals surface area (Å²) in [6, 6.07) is 13.5. The molecule has 4 aromatic heterocycles. The summed E-state index contributed by atoms with van der Waals surface area (Å²) in [6.45, 7) is 2.45. The molecule has 0 bridgehead atoms. The van der Waals surface area contributed by atoms with E-state index in [1.54, 1.807) is 12.4 Å². The summed E-state index contributed by atoms with van der Waals surface area (Å²) >= 11 is 0. The summed E-state index contributed by atoms with van der Waals surface area (Å²) in [5.74, 6) is 1.13. The van der Waals surface area contributed by atoms with Crippen molar-refractivity contribution in [3.63, 3.8) is 0 Å². The van der Waals surface area contributed by atoms with Crippen LogP contribution in [0.3, 0.4) is 0 Å². The van der Waals surface area contributed by atoms with Crippen LogP contribution in [0.4, 0.5) is 4.39 Å². The Morgan fingerprint density at radius 3 is 2.60 bits per heavy atom. The van der Waals surface area contributed by atoms with Crippen molar-refractivity contribution >= 4 is 21.9 Å². The van der Waals surface area contributed by atoms with Crippen molar-refractivity contribution in [3.05, 3.63) is 84.2 Å². The number of aromatic amines is 2. The summed E-state index contributed by atoms with van der Waals surface area (Å²) in [5.41, 5.74) is 8.75. The van der Waals surface area contributed by atoms with Gasteiger partial charge in [-0.1, -0.05) is 18.9 Å². The van der Waals surface area contributed by atoms with E-state index in [-0.39, 0.29) is 5.82 Å². The minimum atomic E-state index is -0.292. The van der Waals surface area contributed by atoms with E-state index in [0.29, 0.717) is 18.1 Å². The smallest absolute Gasteiger partial charge is 0.159 e. The fraction of sp³-hybridized carbons (Fsp3) is 0.273. The highest BCUT2D eigenvalue weighted by atomic mass is 19.1. The molecule has 0 atom stereocenters. The van der Waals surface area contributed by atoms with Gasteiger partial charge in [-0.2, -0.15) is 5.10 Å². The first-order valence-electron chi connectivity index (χ1n) is 14.6. The average molecular weight is 561 g/mol. The maximum absolute atomic E-state index is 14.5. The Hall–Kier alpha value is -4.47. The Kier molecular flexibility index (Phi) is 7.19. The first kappa shape index (κ1) is 26.4. The molecule has 212 valence electrons. The highest BCUT2D eigenvalue weighted by molar-refractivity contribution is 5.98. The van der Waals surface area contributed by atoms with Crippen LogP contribution in [-0.4, -0.2) is 43.7 Å². The average Bonchev–Trinajstić information content (AvgIpc) is 3.76. The van der Waals surface area contributed by atoms with Crippen molar-refractivity contribution in [2.24, 2.45) is 5.92 Å². The summed E-state index contributed by atoms with van der Waals surface area (Å²) in [4.78, 5) is 17.3. The lowest BCUT2D eigenvalue weighted by atomic mass is 10.0. The van der Waals surface area contributed by atoms with Gasteiger partial charge < -0.3 is 15.6 Å². The molecule has 0 amide bonds. The number of hydrogen-bond donors (Lipinski definition) is 4. The third-order valence-corrected chi connectivity index (χ3v) is 8.20. The molecular formula is C33H33FN8. The number of benzene rings is 2. The van der Waals surface area contributed by atoms with Crippen LogP contribution >= 0.6 is 0 Å². The second kappa shape index (κ2) is 11.4. The predicted molar refractivity (Wildman–Crippen MR) is 164 cm³/mol. The van der Waals surface area contributed by atoms with Gasteiger partial charge in [0.05, 0.1) is 22.7 Å². The van der Waals surface area contributed by atoms with Gasteiger partial charge in [0.25, 0.3) is 0 Å². The molecule has 0 aliphatic heterocycles. The number of H-pyrrole nitrogens is 2. The topological polar surface area (TPSA) is 107 Å². The molecule has 0 saturated heterocycles. The van der Waals surface area contributed by atoms with Crippen LogP contribution in [-0.2, 0) is 13.1 Å². The molecule has 0 radical (unpaired) electrons. The molecule has 8 nitrogen and oxygen atoms in total. The van der Waals surface area contributed by atoms with Gasteiger partial charge >= 0.3 is 0 Å². The minimum absolute atomic E-state index is 0.292. The summed E-state index contributed by atoms with van der Waals surface area (Å²) in [6.07, 6.45) is 12.7. The van der Waals surface area contributed by atoms with Crippen LogP contribution in [0, 0.1) is 11.7 Å². The molecular weight excluding hydrogens is 527 g/mol. The molecule has 0 unspecified atom stereocenters. The number of hydrogen-bond acceptors (Lipinski definition) is 6. The van der Waals surface area contributed by atoms with E-state index in [2.05, 4.69) is 54.0 Å². The first-order chi connectivity index (χ1) is 20.6. The second-order valence-corrected chi connectivity index (χ2v) is 11.2. The molecule has 1 saturated carbocycles. The van der Waals surface area contributed by atoms with Gasteiger partial charge in [-0.25, -0.2) is 9.37 Å². The number of rotatable bonds is 9. The lowest BCUT2D eigenvalue weighted by Gasteiger charge is -2.11. The van der Waals surface area contributed by atoms with Crippen molar-refractivity contribution in [1.82, 2.24) is 40.8 Å². The highest BCUT2D eigenvalue weighted by Gasteiger charge is 2.17. The molecule has 1 aliphatic carbocycles. The maximum atomic E-state index is 14.5. The maximum Gasteiger partial charge on any atom is 0.159 e. The van der Waals surface area contributed by atoms with Gasteiger partial charge in [0, 0.05) is 48.2 Å². The van der Waals surface area contributed by atoms with Gasteiger partial charge in [0.15, 0.2) is 5.82 Å². The van der Waals surface area contributed by atoms with Crippen molar-refractivity contribution in [2.45, 2.75) is 38.8 Å². The summed E-state index contributed by atoms with van der Waals surface area (Å²) < 4.78 is 14.5. The van der Waals surface area contributed by atoms with Gasteiger partial charge in [-0.15, -0.1) is 0 Å². The number of nitrogens with zero attached hydrogens (tertiary/aromatic N) is 4. The fourth-order valence-electron chi connectivity index (χ4n) is 6.12. The molecule has 42 heavy (non-hydrogen) atoms. The monoisotopic (exact) mass is 560 g/mol. The Morgan fingerprint density at radius 2 is 1.71 bits per heavy atom. The number of fused-ring (bicyclic) bond motifs is 2. The summed E-state index contributed by atoms with van der Waals surface area (Å²) in [5, 5.41) is 15.4. The Bertz CT molecular complexity index is 1870. The molecule has 1 fully saturated rings. The fourth-order valence-corrected chi connectivity index (χ4v) is 6.12. The quantitative estimate of drug-likeness (QED) is 0.164. The van der Waals surface area contributed by atoms with Crippen LogP contribution in [0.5, 0.6) is 0 Å². The molecule has 2 aromatic carbocycles. The van der Waals surface area contributed by atoms with Crippen LogP contribution in [0.2, 0.25) is 0 Å². The van der Waals surface area contributed by atoms with E-state index in [9.17, 15) is 4.39 Å². The van der Waals surface area contributed by atoms with E-state index in [1.807, 2.05) is 31.6 Å². The zero-order chi connectivity index (χ0) is 28.5. The van der Waals surface area contributed by atoms with E-state index >= 15 is 0 Å². The van der Waals surface area contributed by atoms with Crippen molar-refractivity contribution < 1.29 is 4.39 Å². The Labute approximate surface area is 243 Å². The van der Waals surface area contributed by atoms with Gasteiger partial charge in [0.1, 0.15) is 11.5 Å². The third-order valence-electron chi connectivity index (χ3n) is 8.20. The van der Waals surface area contributed by atoms with Crippen LogP contribution < -0.4 is 10.6 Å². The van der Waals surface area contributed by atoms with E-state index < -0.39 is 0 Å². The number of pyridine rings is 2. The lowest BCUT2D eigenvalue weighted by Crippen LogP contribution is -2.20. The predicted octanol–water partition coefficient (Wildman–Crippen LogP) is 6.37. The van der Waals surface area contributed by atoms with Crippen molar-refractivity contribution in [3.8, 4) is 33.8 Å². The number of nitrogens with one attached hydrogen (secondary N) is 4. The SMILES string of the molecule is CNCc1cc(F)cc(-c2cncc3[nH]c(-c4n[nH]c5ccc(-c6cncc(CNCC7CCCC7)c6)cc45)nc23)c1. The van der Waals surface area contributed by atoms with Crippen molar-refractivity contribution in [1.29, 1.82) is 0 Å². The first-order valence-corrected chi connectivity index (χ1v) is 14.6. The molecule has 7 rings (SSSR count). The number of imidazole rings is 1. The zero-order valence-corrected chi connectivity index (χ0v) is 23.5. The van der Waals surface area contributed by atoms with Crippen LogP contribution in [0.25, 0.3) is 55.7 Å². The minimum Gasteiger partial charge on any atom is -0.335 e. The van der Waals surface area contributed by atoms with E-state index in [1.165, 1.54) is 43.4 Å². The molecule has 6 aromatic rings. The summed E-state index contributed by atoms with van der Waals surface area (Å²) in [7, 11) is 1.84. The van der Waals surface area contributed by atoms with Crippen LogP contribution in [0.15, 0.2) is 67.3 Å². The number of aromatic nitrogens is 6. The van der Waals surface area contributed by atoms with E-state index in [0.717, 1.165) is 68.8 Å². The standard InChI is InChI=1S/C33H33FN8/c1-35-13-21-8-24(11-26(34)10-21)28-18-38-19-30-31(28)40-33(39-30)32-27-12-23(6-7-29(27)41-42-32)25-9-22(16-37-17-25)15-36-14-20-4-2-3-5-20/h6-12,16-20,35-36H,2-5,13-15H2,1H3,(H,39,40)(H,41,42). The zero-order valence-electron chi connectivity index (χ0n) is 23.5. The molecule has 4 heterocycles. The Morgan fingerprint density at radius 1 is 0.857 bits per heavy atom. The molecule has 0 spiro atoms. The molecule has 9 heteroatoms. The van der Waals surface area contributed by atoms with Gasteiger partial charge in [0.2, 0.25) is 0 Å². The number of halogens is 1. The van der Waals surface area contributed by atoms with E-state index in [4.69, 9.17) is 4.98 Å². The second-order valence-electron chi connectivity index (χ2n) is 11.2. The third kappa shape index (κ3) is 5.29. The molecule has 1 aliphatic rings. The molecule has 4 N–H and O–H groups in total. The largest absolute Gasteiger partial charge is 0.335 e. The lowest BCUT2D eigenvalue weighted by molar-refractivity contribution is 0.489.